The van der Waals surface area contributed by atoms with Gasteiger partial charge in [-0.1, -0.05) is 12.1 Å². The smallest absolute Gasteiger partial charge is 0.376 e. The number of ketones is 1. The highest BCUT2D eigenvalue weighted by Gasteiger charge is 2.13. The summed E-state index contributed by atoms with van der Waals surface area (Å²) < 4.78 is 14.5. The van der Waals surface area contributed by atoms with Gasteiger partial charge in [-0.25, -0.2) is 9.18 Å². The number of benzene rings is 1. The quantitative estimate of drug-likeness (QED) is 0.502. The van der Waals surface area contributed by atoms with E-state index < -0.39 is 17.5 Å². The molecule has 0 bridgehead atoms. The Hall–Kier alpha value is -2.89. The van der Waals surface area contributed by atoms with Crippen molar-refractivity contribution in [3.8, 4) is 0 Å². The molecule has 2 N–H and O–H groups in total. The SMILES string of the molecule is O=C(O)C(=O)C=C(O)c1cccn1Cc1ccc(F)cc1. The molecule has 0 amide bonds. The van der Waals surface area contributed by atoms with Gasteiger partial charge in [-0.2, -0.15) is 0 Å². The monoisotopic (exact) mass is 289 g/mol. The summed E-state index contributed by atoms with van der Waals surface area (Å²) in [5.41, 5.74) is 1.10. The number of carbonyl (C=O) groups excluding carboxylic acids is 1. The molecule has 1 aromatic heterocycles. The van der Waals surface area contributed by atoms with E-state index in [1.807, 2.05) is 0 Å². The van der Waals surface area contributed by atoms with Gasteiger partial charge in [-0.05, 0) is 29.8 Å². The van der Waals surface area contributed by atoms with Gasteiger partial charge in [0.25, 0.3) is 5.78 Å². The Morgan fingerprint density at radius 1 is 1.14 bits per heavy atom. The third-order valence-corrected chi connectivity index (χ3v) is 2.84. The predicted octanol–water partition coefficient (Wildman–Crippen LogP) is 2.23. The van der Waals surface area contributed by atoms with Crippen LogP contribution in [0.5, 0.6) is 0 Å². The van der Waals surface area contributed by atoms with Gasteiger partial charge in [-0.3, -0.25) is 4.79 Å². The number of carboxylic acid groups (broad SMARTS) is 1. The molecule has 108 valence electrons. The van der Waals surface area contributed by atoms with Crippen molar-refractivity contribution in [2.75, 3.05) is 0 Å². The van der Waals surface area contributed by atoms with Crippen LogP contribution in [0.25, 0.3) is 5.76 Å². The van der Waals surface area contributed by atoms with E-state index in [0.29, 0.717) is 18.3 Å². The van der Waals surface area contributed by atoms with Gasteiger partial charge in [0.05, 0.1) is 5.69 Å². The number of aliphatic hydroxyl groups excluding tert-OH is 1. The number of aliphatic hydroxyl groups is 1. The Bertz CT molecular complexity index is 701. The summed E-state index contributed by atoms with van der Waals surface area (Å²) in [6.45, 7) is 0.349. The molecule has 0 spiro atoms. The molecule has 1 heterocycles. The fourth-order valence-electron chi connectivity index (χ4n) is 1.83. The molecule has 0 aliphatic heterocycles. The Morgan fingerprint density at radius 2 is 1.81 bits per heavy atom. The number of halogens is 1. The fraction of sp³-hybridized carbons (Fsp3) is 0.0667. The Kier molecular flexibility index (Phi) is 4.18. The molecule has 0 fully saturated rings. The molecule has 6 heteroatoms. The molecule has 2 aromatic rings. The lowest BCUT2D eigenvalue weighted by molar-refractivity contribution is -0.146. The summed E-state index contributed by atoms with van der Waals surface area (Å²) in [4.78, 5) is 21.5. The number of aliphatic carboxylic acids is 1. The van der Waals surface area contributed by atoms with E-state index in [1.54, 1.807) is 35.0 Å². The molecular formula is C15H12FNO4. The molecule has 1 aromatic carbocycles. The number of carbonyl (C=O) groups is 2. The molecule has 0 unspecified atom stereocenters. The molecule has 0 aliphatic rings. The second-order valence-corrected chi connectivity index (χ2v) is 4.35. The Balaban J connectivity index is 2.24. The van der Waals surface area contributed by atoms with E-state index >= 15 is 0 Å². The van der Waals surface area contributed by atoms with E-state index in [1.165, 1.54) is 12.1 Å². The average Bonchev–Trinajstić information content (AvgIpc) is 2.89. The maximum absolute atomic E-state index is 12.8. The van der Waals surface area contributed by atoms with Gasteiger partial charge in [0.15, 0.2) is 0 Å². The lowest BCUT2D eigenvalue weighted by atomic mass is 10.2. The van der Waals surface area contributed by atoms with Crippen molar-refractivity contribution in [1.82, 2.24) is 4.57 Å². The van der Waals surface area contributed by atoms with Crippen molar-refractivity contribution in [2.24, 2.45) is 0 Å². The summed E-state index contributed by atoms with van der Waals surface area (Å²) >= 11 is 0. The topological polar surface area (TPSA) is 79.5 Å². The van der Waals surface area contributed by atoms with Crippen LogP contribution in [-0.4, -0.2) is 26.5 Å². The third kappa shape index (κ3) is 3.56. The van der Waals surface area contributed by atoms with Gasteiger partial charge < -0.3 is 14.8 Å². The minimum atomic E-state index is -1.64. The highest BCUT2D eigenvalue weighted by atomic mass is 19.1. The highest BCUT2D eigenvalue weighted by molar-refractivity contribution is 6.38. The Morgan fingerprint density at radius 3 is 2.43 bits per heavy atom. The minimum absolute atomic E-state index is 0.300. The molecule has 5 nitrogen and oxygen atoms in total. The van der Waals surface area contributed by atoms with Gasteiger partial charge in [0.1, 0.15) is 11.6 Å². The zero-order chi connectivity index (χ0) is 15.4. The lowest BCUT2D eigenvalue weighted by Crippen LogP contribution is -2.10. The highest BCUT2D eigenvalue weighted by Crippen LogP contribution is 2.15. The summed E-state index contributed by atoms with van der Waals surface area (Å²) in [6.07, 6.45) is 2.31. The van der Waals surface area contributed by atoms with Crippen LogP contribution in [0.15, 0.2) is 48.7 Å². The van der Waals surface area contributed by atoms with Crippen LogP contribution in [0, 0.1) is 5.82 Å². The molecule has 0 aliphatic carbocycles. The predicted molar refractivity (Wildman–Crippen MR) is 73.2 cm³/mol. The molecule has 0 atom stereocenters. The van der Waals surface area contributed by atoms with Crippen molar-refractivity contribution >= 4 is 17.5 Å². The van der Waals surface area contributed by atoms with Crippen LogP contribution < -0.4 is 0 Å². The molecular weight excluding hydrogens is 277 g/mol. The molecule has 21 heavy (non-hydrogen) atoms. The van der Waals surface area contributed by atoms with Crippen LogP contribution in [0.2, 0.25) is 0 Å². The van der Waals surface area contributed by atoms with Crippen molar-refractivity contribution in [3.05, 3.63) is 65.7 Å². The number of hydrogen-bond donors (Lipinski definition) is 2. The van der Waals surface area contributed by atoms with E-state index in [2.05, 4.69) is 0 Å². The zero-order valence-corrected chi connectivity index (χ0v) is 10.9. The lowest BCUT2D eigenvalue weighted by Gasteiger charge is -2.08. The maximum Gasteiger partial charge on any atom is 0.376 e. The van der Waals surface area contributed by atoms with Crippen molar-refractivity contribution < 1.29 is 24.2 Å². The zero-order valence-electron chi connectivity index (χ0n) is 10.9. The summed E-state index contributed by atoms with van der Waals surface area (Å²) in [5.74, 6) is -3.63. The minimum Gasteiger partial charge on any atom is -0.506 e. The van der Waals surface area contributed by atoms with Crippen molar-refractivity contribution in [1.29, 1.82) is 0 Å². The van der Waals surface area contributed by atoms with Crippen LogP contribution in [-0.2, 0) is 16.1 Å². The van der Waals surface area contributed by atoms with Crippen molar-refractivity contribution in [3.63, 3.8) is 0 Å². The van der Waals surface area contributed by atoms with E-state index in [0.717, 1.165) is 5.56 Å². The summed E-state index contributed by atoms with van der Waals surface area (Å²) in [5, 5.41) is 18.3. The van der Waals surface area contributed by atoms with Crippen LogP contribution in [0.3, 0.4) is 0 Å². The molecule has 0 saturated heterocycles. The number of carboxylic acids is 1. The maximum atomic E-state index is 12.8. The molecule has 2 rings (SSSR count). The van der Waals surface area contributed by atoms with E-state index in [-0.39, 0.29) is 5.82 Å². The first-order valence-corrected chi connectivity index (χ1v) is 6.05. The average molecular weight is 289 g/mol. The fourth-order valence-corrected chi connectivity index (χ4v) is 1.83. The van der Waals surface area contributed by atoms with Gasteiger partial charge >= 0.3 is 5.97 Å². The van der Waals surface area contributed by atoms with Crippen LogP contribution in [0.4, 0.5) is 4.39 Å². The second-order valence-electron chi connectivity index (χ2n) is 4.35. The first-order chi connectivity index (χ1) is 9.97. The number of rotatable bonds is 5. The van der Waals surface area contributed by atoms with E-state index in [9.17, 15) is 19.1 Å². The van der Waals surface area contributed by atoms with Crippen LogP contribution in [0.1, 0.15) is 11.3 Å². The van der Waals surface area contributed by atoms with Gasteiger partial charge in [-0.15, -0.1) is 0 Å². The van der Waals surface area contributed by atoms with Gasteiger partial charge in [0.2, 0.25) is 0 Å². The number of nitrogens with zero attached hydrogens (tertiary/aromatic N) is 1. The third-order valence-electron chi connectivity index (χ3n) is 2.84. The largest absolute Gasteiger partial charge is 0.506 e. The van der Waals surface area contributed by atoms with Crippen LogP contribution >= 0.6 is 0 Å². The Labute approximate surface area is 119 Å². The number of hydrogen-bond acceptors (Lipinski definition) is 3. The first-order valence-electron chi connectivity index (χ1n) is 6.05. The number of aromatic nitrogens is 1. The standard InChI is InChI=1S/C15H12FNO4/c16-11-5-3-10(4-6-11)9-17-7-1-2-12(17)13(18)8-14(19)15(20)21/h1-8,18H,9H2,(H,20,21). The first kappa shape index (κ1) is 14.5. The summed E-state index contributed by atoms with van der Waals surface area (Å²) in [7, 11) is 0. The molecule has 0 saturated carbocycles. The van der Waals surface area contributed by atoms with Crippen molar-refractivity contribution in [2.45, 2.75) is 6.54 Å². The normalized spacial score (nSPS) is 11.4. The molecule has 0 radical (unpaired) electrons. The van der Waals surface area contributed by atoms with E-state index in [4.69, 9.17) is 5.11 Å². The summed E-state index contributed by atoms with van der Waals surface area (Å²) in [6, 6.07) is 9.04. The second kappa shape index (κ2) is 6.04. The van der Waals surface area contributed by atoms with Gasteiger partial charge in [0, 0.05) is 18.8 Å².